The number of rotatable bonds is 4. The van der Waals surface area contributed by atoms with E-state index in [4.69, 9.17) is 0 Å². The first-order valence-corrected chi connectivity index (χ1v) is 8.49. The molecule has 1 aliphatic rings. The smallest absolute Gasteiger partial charge is 0.194 e. The summed E-state index contributed by atoms with van der Waals surface area (Å²) in [4.78, 5) is 5.75. The lowest BCUT2D eigenvalue weighted by atomic mass is 10.1. The zero-order chi connectivity index (χ0) is 12.5. The molecule has 1 saturated heterocycles. The summed E-state index contributed by atoms with van der Waals surface area (Å²) in [5.74, 6) is 3.53. The van der Waals surface area contributed by atoms with Crippen molar-refractivity contribution in [2.75, 3.05) is 18.1 Å². The molecule has 1 unspecified atom stereocenters. The minimum absolute atomic E-state index is 0.863. The van der Waals surface area contributed by atoms with Gasteiger partial charge in [-0.25, -0.2) is 4.98 Å². The second-order valence-electron chi connectivity index (χ2n) is 5.00. The van der Waals surface area contributed by atoms with Gasteiger partial charge in [0.2, 0.25) is 0 Å². The quantitative estimate of drug-likeness (QED) is 0.934. The Kier molecular flexibility index (Phi) is 3.63. The van der Waals surface area contributed by atoms with Crippen LogP contribution in [0.4, 0.5) is 0 Å². The molecule has 98 valence electrons. The number of hydrogen-bond acceptors (Lipinski definition) is 4. The Morgan fingerprint density at radius 3 is 3.17 bits per heavy atom. The van der Waals surface area contributed by atoms with Crippen LogP contribution in [0.25, 0.3) is 4.96 Å². The summed E-state index contributed by atoms with van der Waals surface area (Å²) < 4.78 is 2.29. The predicted octanol–water partition coefficient (Wildman–Crippen LogP) is 2.86. The van der Waals surface area contributed by atoms with Crippen LogP contribution in [0.2, 0.25) is 0 Å². The summed E-state index contributed by atoms with van der Waals surface area (Å²) >= 11 is 3.81. The van der Waals surface area contributed by atoms with Crippen LogP contribution < -0.4 is 5.32 Å². The van der Waals surface area contributed by atoms with Gasteiger partial charge in [0.15, 0.2) is 4.96 Å². The molecular weight excluding hydrogens is 262 g/mol. The topological polar surface area (TPSA) is 29.3 Å². The highest BCUT2D eigenvalue weighted by Gasteiger charge is 2.16. The van der Waals surface area contributed by atoms with Crippen molar-refractivity contribution in [3.63, 3.8) is 0 Å². The van der Waals surface area contributed by atoms with Crippen molar-refractivity contribution in [3.05, 3.63) is 22.5 Å². The van der Waals surface area contributed by atoms with Gasteiger partial charge in [-0.05, 0) is 44.2 Å². The number of nitrogens with one attached hydrogen (secondary N) is 1. The number of hydrogen-bond donors (Lipinski definition) is 1. The molecule has 1 fully saturated rings. The third kappa shape index (κ3) is 2.31. The van der Waals surface area contributed by atoms with Crippen molar-refractivity contribution < 1.29 is 0 Å². The third-order valence-electron chi connectivity index (χ3n) is 3.58. The first kappa shape index (κ1) is 12.5. The summed E-state index contributed by atoms with van der Waals surface area (Å²) in [5.41, 5.74) is 3.79. The molecule has 2 aromatic rings. The van der Waals surface area contributed by atoms with E-state index in [0.29, 0.717) is 0 Å². The van der Waals surface area contributed by atoms with Gasteiger partial charge in [-0.3, -0.25) is 4.40 Å². The average Bonchev–Trinajstić information content (AvgIpc) is 3.02. The number of aryl methyl sites for hydroxylation is 2. The van der Waals surface area contributed by atoms with E-state index in [1.165, 1.54) is 35.0 Å². The second kappa shape index (κ2) is 5.23. The van der Waals surface area contributed by atoms with E-state index in [0.717, 1.165) is 24.0 Å². The van der Waals surface area contributed by atoms with Crippen LogP contribution in [-0.2, 0) is 6.54 Å². The largest absolute Gasteiger partial charge is 0.311 e. The van der Waals surface area contributed by atoms with Crippen LogP contribution in [0.3, 0.4) is 0 Å². The fraction of sp³-hybridized carbons (Fsp3) is 0.615. The maximum Gasteiger partial charge on any atom is 0.194 e. The summed E-state index contributed by atoms with van der Waals surface area (Å²) in [5, 5.41) is 5.79. The second-order valence-corrected chi connectivity index (χ2v) is 6.99. The molecule has 0 saturated carbocycles. The summed E-state index contributed by atoms with van der Waals surface area (Å²) in [6.45, 7) is 6.35. The molecule has 0 bridgehead atoms. The van der Waals surface area contributed by atoms with Gasteiger partial charge >= 0.3 is 0 Å². The van der Waals surface area contributed by atoms with E-state index >= 15 is 0 Å². The Bertz CT molecular complexity index is 538. The fourth-order valence-electron chi connectivity index (χ4n) is 2.51. The Morgan fingerprint density at radius 1 is 1.50 bits per heavy atom. The average molecular weight is 281 g/mol. The Hall–Kier alpha value is -0.520. The highest BCUT2D eigenvalue weighted by molar-refractivity contribution is 7.99. The summed E-state index contributed by atoms with van der Waals surface area (Å²) in [7, 11) is 0. The van der Waals surface area contributed by atoms with Crippen LogP contribution >= 0.6 is 23.1 Å². The number of aromatic nitrogens is 2. The highest BCUT2D eigenvalue weighted by atomic mass is 32.2. The van der Waals surface area contributed by atoms with Crippen LogP contribution in [0, 0.1) is 19.8 Å². The van der Waals surface area contributed by atoms with Crippen molar-refractivity contribution >= 4 is 28.1 Å². The van der Waals surface area contributed by atoms with Gasteiger partial charge in [0.1, 0.15) is 0 Å². The molecule has 3 rings (SSSR count). The van der Waals surface area contributed by atoms with E-state index in [9.17, 15) is 0 Å². The molecule has 3 nitrogen and oxygen atoms in total. The molecule has 3 heterocycles. The van der Waals surface area contributed by atoms with E-state index in [1.54, 1.807) is 11.3 Å². The first-order valence-electron chi connectivity index (χ1n) is 6.46. The van der Waals surface area contributed by atoms with Gasteiger partial charge in [-0.2, -0.15) is 11.8 Å². The number of fused-ring (bicyclic) bond motifs is 1. The first-order chi connectivity index (χ1) is 8.75. The maximum absolute atomic E-state index is 4.62. The van der Waals surface area contributed by atoms with Gasteiger partial charge in [-0.1, -0.05) is 0 Å². The predicted molar refractivity (Wildman–Crippen MR) is 79.7 cm³/mol. The standard InChI is InChI=1S/C13H19N3S2/c1-9-7-18-13-15-10(2)12(16(9)13)6-14-5-11-3-4-17-8-11/h7,11,14H,3-6,8H2,1-2H3. The van der Waals surface area contributed by atoms with Gasteiger partial charge in [-0.15, -0.1) is 11.3 Å². The highest BCUT2D eigenvalue weighted by Crippen LogP contribution is 2.23. The van der Waals surface area contributed by atoms with Crippen molar-refractivity contribution in [1.29, 1.82) is 0 Å². The SMILES string of the molecule is Cc1nc2scc(C)n2c1CNCC1CCSC1. The molecular formula is C13H19N3S2. The van der Waals surface area contributed by atoms with Crippen LogP contribution in [-0.4, -0.2) is 27.4 Å². The molecule has 18 heavy (non-hydrogen) atoms. The van der Waals surface area contributed by atoms with Crippen LogP contribution in [0.1, 0.15) is 23.5 Å². The Labute approximate surface area is 116 Å². The molecule has 5 heteroatoms. The molecule has 1 aliphatic heterocycles. The van der Waals surface area contributed by atoms with E-state index in [-0.39, 0.29) is 0 Å². The normalized spacial score (nSPS) is 20.0. The lowest BCUT2D eigenvalue weighted by molar-refractivity contribution is 0.518. The van der Waals surface area contributed by atoms with Gasteiger partial charge < -0.3 is 5.32 Å². The van der Waals surface area contributed by atoms with Crippen LogP contribution in [0.5, 0.6) is 0 Å². The minimum atomic E-state index is 0.863. The van der Waals surface area contributed by atoms with Gasteiger partial charge in [0, 0.05) is 17.6 Å². The lowest BCUT2D eigenvalue weighted by Gasteiger charge is -2.10. The molecule has 1 N–H and O–H groups in total. The van der Waals surface area contributed by atoms with Crippen molar-refractivity contribution in [1.82, 2.24) is 14.7 Å². The maximum atomic E-state index is 4.62. The molecule has 1 atom stereocenters. The number of thiazole rings is 1. The number of nitrogens with zero attached hydrogens (tertiary/aromatic N) is 2. The number of thioether (sulfide) groups is 1. The van der Waals surface area contributed by atoms with E-state index < -0.39 is 0 Å². The Morgan fingerprint density at radius 2 is 2.39 bits per heavy atom. The van der Waals surface area contributed by atoms with Gasteiger partial charge in [0.05, 0.1) is 11.4 Å². The number of imidazole rings is 1. The molecule has 0 aliphatic carbocycles. The molecule has 0 aromatic carbocycles. The zero-order valence-corrected chi connectivity index (χ0v) is 12.5. The van der Waals surface area contributed by atoms with Crippen molar-refractivity contribution in [2.24, 2.45) is 5.92 Å². The summed E-state index contributed by atoms with van der Waals surface area (Å²) in [6.07, 6.45) is 1.37. The van der Waals surface area contributed by atoms with Crippen molar-refractivity contribution in [2.45, 2.75) is 26.8 Å². The van der Waals surface area contributed by atoms with E-state index in [1.807, 2.05) is 0 Å². The third-order valence-corrected chi connectivity index (χ3v) is 5.75. The van der Waals surface area contributed by atoms with Crippen LogP contribution in [0.15, 0.2) is 5.38 Å². The fourth-order valence-corrected chi connectivity index (χ4v) is 4.73. The molecule has 0 radical (unpaired) electrons. The Balaban J connectivity index is 1.69. The zero-order valence-electron chi connectivity index (χ0n) is 10.9. The lowest BCUT2D eigenvalue weighted by Crippen LogP contribution is -2.23. The monoisotopic (exact) mass is 281 g/mol. The molecule has 0 amide bonds. The molecule has 0 spiro atoms. The van der Waals surface area contributed by atoms with E-state index in [2.05, 4.69) is 45.7 Å². The minimum Gasteiger partial charge on any atom is -0.311 e. The summed E-state index contributed by atoms with van der Waals surface area (Å²) in [6, 6.07) is 0. The van der Waals surface area contributed by atoms with Gasteiger partial charge in [0.25, 0.3) is 0 Å². The van der Waals surface area contributed by atoms with Crippen molar-refractivity contribution in [3.8, 4) is 0 Å². The molecule has 2 aromatic heterocycles.